The highest BCUT2D eigenvalue weighted by molar-refractivity contribution is 7.13. The van der Waals surface area contributed by atoms with Gasteiger partial charge in [0.15, 0.2) is 0 Å². The predicted octanol–water partition coefficient (Wildman–Crippen LogP) is 4.20. The first kappa shape index (κ1) is 19.8. The molecule has 0 fully saturated rings. The van der Waals surface area contributed by atoms with Crippen LogP contribution in [0.2, 0.25) is 0 Å². The highest BCUT2D eigenvalue weighted by Crippen LogP contribution is 2.20. The van der Waals surface area contributed by atoms with E-state index in [1.165, 1.54) is 28.3 Å². The summed E-state index contributed by atoms with van der Waals surface area (Å²) in [5.41, 5.74) is 2.48. The summed E-state index contributed by atoms with van der Waals surface area (Å²) >= 11 is 1.53. The van der Waals surface area contributed by atoms with Crippen LogP contribution in [0.4, 0.5) is 0 Å². The molecule has 2 aromatic heterocycles. The Kier molecular flexibility index (Phi) is 6.15. The number of hydrogen-bond donors (Lipinski definition) is 0. The van der Waals surface area contributed by atoms with Crippen molar-refractivity contribution in [1.82, 2.24) is 14.5 Å². The van der Waals surface area contributed by atoms with Gasteiger partial charge in [0.2, 0.25) is 5.91 Å². The van der Waals surface area contributed by atoms with E-state index in [2.05, 4.69) is 4.98 Å². The van der Waals surface area contributed by atoms with Gasteiger partial charge >= 0.3 is 0 Å². The minimum Gasteiger partial charge on any atom is -0.332 e. The minimum atomic E-state index is -0.235. The molecule has 0 aliphatic rings. The number of nitrogens with zero attached hydrogens (tertiary/aromatic N) is 3. The van der Waals surface area contributed by atoms with Gasteiger partial charge in [0.25, 0.3) is 5.56 Å². The first-order chi connectivity index (χ1) is 14.7. The van der Waals surface area contributed by atoms with Gasteiger partial charge in [0, 0.05) is 19.2 Å². The quantitative estimate of drug-likeness (QED) is 0.455. The van der Waals surface area contributed by atoms with E-state index in [0.717, 1.165) is 16.0 Å². The fraction of sp³-hybridized carbons (Fsp3) is 0.125. The van der Waals surface area contributed by atoms with Gasteiger partial charge in [-0.1, -0.05) is 66.7 Å². The average Bonchev–Trinajstić information content (AvgIpc) is 3.31. The molecule has 30 heavy (non-hydrogen) atoms. The second-order valence-corrected chi connectivity index (χ2v) is 7.89. The molecule has 0 saturated heterocycles. The summed E-state index contributed by atoms with van der Waals surface area (Å²) in [6.45, 7) is 0.907. The molecule has 0 atom stereocenters. The smallest absolute Gasteiger partial charge is 0.254 e. The van der Waals surface area contributed by atoms with Gasteiger partial charge in [-0.05, 0) is 22.6 Å². The van der Waals surface area contributed by atoms with Crippen LogP contribution in [0.25, 0.3) is 10.6 Å². The molecule has 0 aliphatic heterocycles. The molecule has 4 rings (SSSR count). The van der Waals surface area contributed by atoms with E-state index in [9.17, 15) is 9.59 Å². The molecule has 0 bridgehead atoms. The molecule has 2 heterocycles. The molecule has 0 saturated carbocycles. The Labute approximate surface area is 178 Å². The van der Waals surface area contributed by atoms with E-state index in [0.29, 0.717) is 18.8 Å². The number of thiophene rings is 1. The van der Waals surface area contributed by atoms with Gasteiger partial charge < -0.3 is 4.90 Å². The van der Waals surface area contributed by atoms with Crippen LogP contribution in [-0.2, 0) is 24.4 Å². The molecule has 0 aliphatic carbocycles. The largest absolute Gasteiger partial charge is 0.332 e. The molecule has 0 N–H and O–H groups in total. The van der Waals surface area contributed by atoms with Crippen LogP contribution < -0.4 is 5.56 Å². The monoisotopic (exact) mass is 415 g/mol. The highest BCUT2D eigenvalue weighted by Gasteiger charge is 2.16. The first-order valence-electron chi connectivity index (χ1n) is 9.65. The summed E-state index contributed by atoms with van der Waals surface area (Å²) in [4.78, 5) is 32.8. The first-order valence-corrected chi connectivity index (χ1v) is 10.5. The van der Waals surface area contributed by atoms with Crippen molar-refractivity contribution >= 4 is 17.2 Å². The summed E-state index contributed by atoms with van der Waals surface area (Å²) < 4.78 is 1.36. The van der Waals surface area contributed by atoms with Crippen LogP contribution in [0, 0.1) is 0 Å². The Hall–Kier alpha value is -3.51. The number of aromatic nitrogens is 2. The molecule has 0 radical (unpaired) electrons. The van der Waals surface area contributed by atoms with Crippen molar-refractivity contribution in [2.75, 3.05) is 0 Å². The molecule has 0 unspecified atom stereocenters. The van der Waals surface area contributed by atoms with E-state index in [1.54, 1.807) is 4.90 Å². The molecule has 2 aromatic carbocycles. The summed E-state index contributed by atoms with van der Waals surface area (Å²) in [6, 6.07) is 25.0. The lowest BCUT2D eigenvalue weighted by atomic mass is 10.1. The fourth-order valence-electron chi connectivity index (χ4n) is 3.19. The van der Waals surface area contributed by atoms with E-state index >= 15 is 0 Å². The molecule has 6 heteroatoms. The zero-order valence-corrected chi connectivity index (χ0v) is 17.2. The lowest BCUT2D eigenvalue weighted by molar-refractivity contribution is -0.133. The zero-order chi connectivity index (χ0) is 20.8. The third kappa shape index (κ3) is 4.90. The third-order valence-corrected chi connectivity index (χ3v) is 5.64. The number of benzene rings is 2. The van der Waals surface area contributed by atoms with Crippen LogP contribution in [-0.4, -0.2) is 20.4 Å². The van der Waals surface area contributed by atoms with E-state index < -0.39 is 0 Å². The van der Waals surface area contributed by atoms with Crippen LogP contribution in [0.3, 0.4) is 0 Å². The molecule has 5 nitrogen and oxygen atoms in total. The Bertz CT molecular complexity index is 1110. The maximum atomic E-state index is 13.1. The second-order valence-electron chi connectivity index (χ2n) is 6.94. The average molecular weight is 416 g/mol. The van der Waals surface area contributed by atoms with Crippen LogP contribution >= 0.6 is 11.3 Å². The topological polar surface area (TPSA) is 55.2 Å². The molecular formula is C24H21N3O2S. The number of hydrogen-bond acceptors (Lipinski definition) is 4. The summed E-state index contributed by atoms with van der Waals surface area (Å²) in [6.07, 6.45) is 1.46. The number of amides is 1. The lowest BCUT2D eigenvalue weighted by Crippen LogP contribution is -2.35. The van der Waals surface area contributed by atoms with Crippen LogP contribution in [0.15, 0.2) is 95.4 Å². The maximum absolute atomic E-state index is 13.1. The molecule has 0 spiro atoms. The zero-order valence-electron chi connectivity index (χ0n) is 16.3. The van der Waals surface area contributed by atoms with E-state index in [4.69, 9.17) is 0 Å². The van der Waals surface area contributed by atoms with Crippen molar-refractivity contribution in [3.8, 4) is 10.6 Å². The lowest BCUT2D eigenvalue weighted by Gasteiger charge is -2.23. The normalized spacial score (nSPS) is 10.7. The summed E-state index contributed by atoms with van der Waals surface area (Å²) in [5, 5.41) is 1.94. The standard InChI is InChI=1S/C24H21N3O2S/c28-23-14-21(22-12-7-13-30-22)25-18-27(23)17-24(29)26(15-19-8-3-1-4-9-19)16-20-10-5-2-6-11-20/h1-14,18H,15-17H2. The second kappa shape index (κ2) is 9.33. The Morgan fingerprint density at radius 1 is 0.900 bits per heavy atom. The van der Waals surface area contributed by atoms with Gasteiger partial charge in [-0.3, -0.25) is 14.2 Å². The van der Waals surface area contributed by atoms with Crippen molar-refractivity contribution in [2.45, 2.75) is 19.6 Å². The molecule has 150 valence electrons. The SMILES string of the molecule is O=C(Cn1cnc(-c2cccs2)cc1=O)N(Cc1ccccc1)Cc1ccccc1. The van der Waals surface area contributed by atoms with Crippen molar-refractivity contribution in [2.24, 2.45) is 0 Å². The van der Waals surface area contributed by atoms with E-state index in [-0.39, 0.29) is 18.0 Å². The number of carbonyl (C=O) groups is 1. The highest BCUT2D eigenvalue weighted by atomic mass is 32.1. The Morgan fingerprint density at radius 2 is 1.53 bits per heavy atom. The third-order valence-electron chi connectivity index (χ3n) is 4.74. The van der Waals surface area contributed by atoms with Crippen molar-refractivity contribution in [3.05, 3.63) is 112 Å². The van der Waals surface area contributed by atoms with Crippen LogP contribution in [0.1, 0.15) is 11.1 Å². The molecular weight excluding hydrogens is 394 g/mol. The van der Waals surface area contributed by atoms with Gasteiger partial charge in [-0.2, -0.15) is 0 Å². The minimum absolute atomic E-state index is 0.0454. The summed E-state index contributed by atoms with van der Waals surface area (Å²) in [7, 11) is 0. The van der Waals surface area contributed by atoms with Crippen LogP contribution in [0.5, 0.6) is 0 Å². The molecule has 4 aromatic rings. The van der Waals surface area contributed by atoms with Gasteiger partial charge in [-0.25, -0.2) is 4.98 Å². The van der Waals surface area contributed by atoms with Gasteiger partial charge in [-0.15, -0.1) is 11.3 Å². The van der Waals surface area contributed by atoms with Crippen molar-refractivity contribution in [1.29, 1.82) is 0 Å². The van der Waals surface area contributed by atoms with Crippen molar-refractivity contribution in [3.63, 3.8) is 0 Å². The van der Waals surface area contributed by atoms with Crippen molar-refractivity contribution < 1.29 is 4.79 Å². The molecule has 1 amide bonds. The fourth-order valence-corrected chi connectivity index (χ4v) is 3.88. The maximum Gasteiger partial charge on any atom is 0.254 e. The number of rotatable bonds is 7. The van der Waals surface area contributed by atoms with Gasteiger partial charge in [0.1, 0.15) is 6.54 Å². The predicted molar refractivity (Wildman–Crippen MR) is 119 cm³/mol. The number of carbonyl (C=O) groups excluding carboxylic acids is 1. The Balaban J connectivity index is 1.54. The van der Waals surface area contributed by atoms with Gasteiger partial charge in [0.05, 0.1) is 16.9 Å². The van der Waals surface area contributed by atoms with E-state index in [1.807, 2.05) is 78.2 Å². The summed E-state index contributed by atoms with van der Waals surface area (Å²) in [5.74, 6) is -0.129. The Morgan fingerprint density at radius 3 is 2.07 bits per heavy atom.